The van der Waals surface area contributed by atoms with Gasteiger partial charge in [0.15, 0.2) is 0 Å². The molecule has 1 heterocycles. The van der Waals surface area contributed by atoms with Crippen molar-refractivity contribution in [3.8, 4) is 0 Å². The average molecular weight is 339 g/mol. The van der Waals surface area contributed by atoms with Crippen LogP contribution in [0.2, 0.25) is 0 Å². The molecule has 0 fully saturated rings. The molecule has 0 saturated carbocycles. The molecule has 1 unspecified atom stereocenters. The highest BCUT2D eigenvalue weighted by Gasteiger charge is 2.26. The second-order valence-corrected chi connectivity index (χ2v) is 5.41. The Kier molecular flexibility index (Phi) is 4.08. The molecule has 2 rings (SSSR count). The maximum atomic E-state index is 11.0. The Morgan fingerprint density at radius 2 is 2.05 bits per heavy atom. The lowest BCUT2D eigenvalue weighted by Crippen LogP contribution is -2.14. The van der Waals surface area contributed by atoms with Crippen LogP contribution in [0.5, 0.6) is 0 Å². The Hall–Kier alpha value is -1.89. The van der Waals surface area contributed by atoms with Crippen LogP contribution >= 0.6 is 15.9 Å². The molecule has 0 radical (unpaired) electrons. The van der Waals surface area contributed by atoms with Crippen molar-refractivity contribution in [1.82, 2.24) is 9.78 Å². The molecule has 7 heteroatoms. The molecule has 2 aromatic rings. The predicted molar refractivity (Wildman–Crippen MR) is 80.6 cm³/mol. The summed E-state index contributed by atoms with van der Waals surface area (Å²) in [6.07, 6.45) is 0.740. The first-order valence-corrected chi connectivity index (χ1v) is 6.99. The molecular weight excluding hydrogens is 324 g/mol. The fraction of sp³-hybridized carbons (Fsp3) is 0.308. The maximum Gasteiger partial charge on any atom is 0.333 e. The highest BCUT2D eigenvalue weighted by molar-refractivity contribution is 9.10. The van der Waals surface area contributed by atoms with Crippen molar-refractivity contribution in [2.75, 3.05) is 5.73 Å². The molecule has 0 spiro atoms. The molecule has 2 N–H and O–H groups in total. The zero-order valence-electron chi connectivity index (χ0n) is 11.2. The molecule has 106 valence electrons. The van der Waals surface area contributed by atoms with E-state index in [0.29, 0.717) is 5.69 Å². The molecule has 0 aliphatic carbocycles. The Balaban J connectivity index is 2.50. The number of nitrogens with two attached hydrogens (primary N) is 1. The fourth-order valence-electron chi connectivity index (χ4n) is 2.25. The van der Waals surface area contributed by atoms with Gasteiger partial charge in [-0.1, -0.05) is 35.0 Å². The molecule has 0 bridgehead atoms. The van der Waals surface area contributed by atoms with Crippen molar-refractivity contribution in [3.05, 3.63) is 50.1 Å². The number of aryl methyl sites for hydroxylation is 1. The molecule has 0 aliphatic rings. The van der Waals surface area contributed by atoms with E-state index in [-0.39, 0.29) is 17.5 Å². The van der Waals surface area contributed by atoms with Crippen LogP contribution in [-0.4, -0.2) is 14.7 Å². The number of nitro groups is 1. The molecule has 1 atom stereocenters. The third-order valence-electron chi connectivity index (χ3n) is 3.21. The topological polar surface area (TPSA) is 87.0 Å². The monoisotopic (exact) mass is 338 g/mol. The molecular formula is C13H15BrN4O2. The lowest BCUT2D eigenvalue weighted by molar-refractivity contribution is -0.384. The van der Waals surface area contributed by atoms with Gasteiger partial charge in [-0.15, -0.1) is 0 Å². The molecule has 1 aromatic carbocycles. The van der Waals surface area contributed by atoms with E-state index in [9.17, 15) is 10.1 Å². The smallest absolute Gasteiger partial charge is 0.333 e. The van der Waals surface area contributed by atoms with Crippen LogP contribution in [-0.2, 0) is 0 Å². The SMILES string of the molecule is CCC(c1ccc(Br)cc1)n1nc(C)c([N+](=O)[O-])c1N. The first-order valence-electron chi connectivity index (χ1n) is 6.20. The summed E-state index contributed by atoms with van der Waals surface area (Å²) in [7, 11) is 0. The highest BCUT2D eigenvalue weighted by Crippen LogP contribution is 2.32. The van der Waals surface area contributed by atoms with Crippen molar-refractivity contribution in [3.63, 3.8) is 0 Å². The van der Waals surface area contributed by atoms with E-state index in [1.54, 1.807) is 6.92 Å². The highest BCUT2D eigenvalue weighted by atomic mass is 79.9. The Morgan fingerprint density at radius 1 is 1.45 bits per heavy atom. The van der Waals surface area contributed by atoms with E-state index in [1.807, 2.05) is 31.2 Å². The van der Waals surface area contributed by atoms with Crippen molar-refractivity contribution in [2.24, 2.45) is 0 Å². The largest absolute Gasteiger partial charge is 0.378 e. The standard InChI is InChI=1S/C13H15BrN4O2/c1-3-11(9-4-6-10(14)7-5-9)17-13(15)12(18(19)20)8(2)16-17/h4-7,11H,3,15H2,1-2H3. The number of benzene rings is 1. The minimum absolute atomic E-state index is 0.0993. The van der Waals surface area contributed by atoms with Crippen molar-refractivity contribution < 1.29 is 4.92 Å². The van der Waals surface area contributed by atoms with Gasteiger partial charge in [-0.25, -0.2) is 4.68 Å². The Morgan fingerprint density at radius 3 is 2.50 bits per heavy atom. The first kappa shape index (κ1) is 14.5. The number of halogens is 1. The van der Waals surface area contributed by atoms with Gasteiger partial charge >= 0.3 is 5.69 Å². The van der Waals surface area contributed by atoms with Crippen LogP contribution in [0.15, 0.2) is 28.7 Å². The number of nitrogen functional groups attached to an aromatic ring is 1. The van der Waals surface area contributed by atoms with Gasteiger partial charge in [0.2, 0.25) is 5.82 Å². The van der Waals surface area contributed by atoms with Crippen LogP contribution in [0, 0.1) is 17.0 Å². The van der Waals surface area contributed by atoms with E-state index in [4.69, 9.17) is 5.73 Å². The van der Waals surface area contributed by atoms with Gasteiger partial charge < -0.3 is 5.73 Å². The summed E-state index contributed by atoms with van der Waals surface area (Å²) in [6, 6.07) is 7.66. The van der Waals surface area contributed by atoms with Gasteiger partial charge in [0.05, 0.1) is 11.0 Å². The van der Waals surface area contributed by atoms with E-state index < -0.39 is 4.92 Å². The Bertz CT molecular complexity index is 637. The van der Waals surface area contributed by atoms with Crippen LogP contribution in [0.25, 0.3) is 0 Å². The van der Waals surface area contributed by atoms with Gasteiger partial charge in [-0.05, 0) is 31.0 Å². The van der Waals surface area contributed by atoms with Crippen molar-refractivity contribution >= 4 is 27.4 Å². The van der Waals surface area contributed by atoms with Crippen molar-refractivity contribution in [1.29, 1.82) is 0 Å². The van der Waals surface area contributed by atoms with Gasteiger partial charge in [-0.2, -0.15) is 5.10 Å². The summed E-state index contributed by atoms with van der Waals surface area (Å²) in [5, 5.41) is 15.3. The molecule has 6 nitrogen and oxygen atoms in total. The number of hydrogen-bond donors (Lipinski definition) is 1. The molecule has 1 aromatic heterocycles. The maximum absolute atomic E-state index is 11.0. The molecule has 0 saturated heterocycles. The van der Waals surface area contributed by atoms with Crippen LogP contribution in [0.1, 0.15) is 30.6 Å². The quantitative estimate of drug-likeness (QED) is 0.683. The normalized spacial score (nSPS) is 12.3. The number of anilines is 1. The average Bonchev–Trinajstić information content (AvgIpc) is 2.68. The van der Waals surface area contributed by atoms with Gasteiger partial charge in [0, 0.05) is 4.47 Å². The Labute approximate surface area is 124 Å². The van der Waals surface area contributed by atoms with Crippen molar-refractivity contribution in [2.45, 2.75) is 26.3 Å². The number of aromatic nitrogens is 2. The van der Waals surface area contributed by atoms with E-state index >= 15 is 0 Å². The minimum Gasteiger partial charge on any atom is -0.378 e. The zero-order valence-corrected chi connectivity index (χ0v) is 12.8. The minimum atomic E-state index is -0.484. The van der Waals surface area contributed by atoms with Gasteiger partial charge in [0.25, 0.3) is 0 Å². The van der Waals surface area contributed by atoms with E-state index in [0.717, 1.165) is 16.5 Å². The summed E-state index contributed by atoms with van der Waals surface area (Å²) in [6.45, 7) is 3.59. The van der Waals surface area contributed by atoms with Gasteiger partial charge in [0.1, 0.15) is 5.69 Å². The van der Waals surface area contributed by atoms with Crippen LogP contribution in [0.4, 0.5) is 11.5 Å². The van der Waals surface area contributed by atoms with Crippen LogP contribution < -0.4 is 5.73 Å². The summed E-state index contributed by atoms with van der Waals surface area (Å²) in [5.41, 5.74) is 7.14. The summed E-state index contributed by atoms with van der Waals surface area (Å²) >= 11 is 3.39. The lowest BCUT2D eigenvalue weighted by Gasteiger charge is -2.17. The molecule has 20 heavy (non-hydrogen) atoms. The zero-order chi connectivity index (χ0) is 14.9. The fourth-order valence-corrected chi connectivity index (χ4v) is 2.52. The third-order valence-corrected chi connectivity index (χ3v) is 3.74. The van der Waals surface area contributed by atoms with Gasteiger partial charge in [-0.3, -0.25) is 10.1 Å². The summed E-state index contributed by atoms with van der Waals surface area (Å²) in [4.78, 5) is 10.5. The van der Waals surface area contributed by atoms with E-state index in [1.165, 1.54) is 4.68 Å². The lowest BCUT2D eigenvalue weighted by atomic mass is 10.1. The summed E-state index contributed by atoms with van der Waals surface area (Å²) < 4.78 is 2.52. The summed E-state index contributed by atoms with van der Waals surface area (Å²) in [5.74, 6) is 0.0993. The number of nitrogens with zero attached hydrogens (tertiary/aromatic N) is 3. The number of rotatable bonds is 4. The first-order chi connectivity index (χ1) is 9.45. The molecule has 0 aliphatic heterocycles. The second-order valence-electron chi connectivity index (χ2n) is 4.50. The predicted octanol–water partition coefficient (Wildman–Crippen LogP) is 3.44. The third kappa shape index (κ3) is 2.53. The second kappa shape index (κ2) is 5.62. The molecule has 0 amide bonds. The number of hydrogen-bond acceptors (Lipinski definition) is 4. The van der Waals surface area contributed by atoms with Crippen LogP contribution in [0.3, 0.4) is 0 Å². The van der Waals surface area contributed by atoms with E-state index in [2.05, 4.69) is 21.0 Å².